The Bertz CT molecular complexity index is 914. The number of aromatic hydroxyl groups is 1. The van der Waals surface area contributed by atoms with Crippen molar-refractivity contribution in [3.05, 3.63) is 95.6 Å². The van der Waals surface area contributed by atoms with Crippen LogP contribution in [0.3, 0.4) is 0 Å². The van der Waals surface area contributed by atoms with Gasteiger partial charge in [0.15, 0.2) is 0 Å². The van der Waals surface area contributed by atoms with Gasteiger partial charge in [-0.3, -0.25) is 9.69 Å². The first-order valence-corrected chi connectivity index (χ1v) is 9.67. The van der Waals surface area contributed by atoms with Crippen molar-refractivity contribution in [1.82, 2.24) is 4.90 Å². The van der Waals surface area contributed by atoms with Crippen LogP contribution in [0.4, 0.5) is 0 Å². The van der Waals surface area contributed by atoms with Gasteiger partial charge in [-0.2, -0.15) is 0 Å². The molecule has 5 nitrogen and oxygen atoms in total. The number of benzene rings is 3. The minimum absolute atomic E-state index is 0.0627. The summed E-state index contributed by atoms with van der Waals surface area (Å²) in [5, 5.41) is 9.70. The Morgan fingerprint density at radius 1 is 0.897 bits per heavy atom. The molecule has 0 fully saturated rings. The molecule has 5 heteroatoms. The lowest BCUT2D eigenvalue weighted by Crippen LogP contribution is -2.30. The lowest BCUT2D eigenvalue weighted by molar-refractivity contribution is 0.0997. The minimum Gasteiger partial charge on any atom is -0.507 e. The van der Waals surface area contributed by atoms with Crippen molar-refractivity contribution in [3.8, 4) is 11.5 Å². The number of carbonyl (C=O) groups is 1. The van der Waals surface area contributed by atoms with Crippen LogP contribution in [-0.2, 0) is 13.0 Å². The highest BCUT2D eigenvalue weighted by atomic mass is 16.5. The van der Waals surface area contributed by atoms with Crippen LogP contribution in [0.25, 0.3) is 0 Å². The van der Waals surface area contributed by atoms with E-state index in [4.69, 9.17) is 10.5 Å². The van der Waals surface area contributed by atoms with Crippen LogP contribution in [0.2, 0.25) is 0 Å². The van der Waals surface area contributed by atoms with Crippen LogP contribution in [0.15, 0.2) is 78.9 Å². The molecule has 29 heavy (non-hydrogen) atoms. The topological polar surface area (TPSA) is 75.8 Å². The Balaban J connectivity index is 1.60. The number of nitrogens with two attached hydrogens (primary N) is 1. The van der Waals surface area contributed by atoms with Gasteiger partial charge in [-0.25, -0.2) is 0 Å². The second-order valence-electron chi connectivity index (χ2n) is 6.89. The molecule has 0 aliphatic heterocycles. The molecule has 0 radical (unpaired) electrons. The fourth-order valence-corrected chi connectivity index (χ4v) is 3.14. The molecular formula is C24H26N2O3. The van der Waals surface area contributed by atoms with Crippen molar-refractivity contribution in [2.24, 2.45) is 5.73 Å². The number of hydrogen-bond donors (Lipinski definition) is 2. The van der Waals surface area contributed by atoms with Crippen molar-refractivity contribution >= 4 is 5.91 Å². The Labute approximate surface area is 171 Å². The molecule has 0 aliphatic carbocycles. The zero-order valence-corrected chi connectivity index (χ0v) is 16.3. The quantitative estimate of drug-likeness (QED) is 0.554. The molecule has 1 amide bonds. The largest absolute Gasteiger partial charge is 0.507 e. The number of primary amides is 1. The zero-order valence-electron chi connectivity index (χ0n) is 16.3. The highest BCUT2D eigenvalue weighted by molar-refractivity contribution is 5.95. The van der Waals surface area contributed by atoms with Gasteiger partial charge < -0.3 is 15.6 Å². The average molecular weight is 390 g/mol. The summed E-state index contributed by atoms with van der Waals surface area (Å²) in [6.07, 6.45) is 0.957. The third kappa shape index (κ3) is 6.36. The summed E-state index contributed by atoms with van der Waals surface area (Å²) < 4.78 is 5.81. The number of amides is 1. The van der Waals surface area contributed by atoms with E-state index in [0.29, 0.717) is 12.4 Å². The smallest absolute Gasteiger partial charge is 0.252 e. The first-order chi connectivity index (χ1) is 14.1. The van der Waals surface area contributed by atoms with E-state index in [0.717, 1.165) is 26.1 Å². The number of phenols is 1. The summed E-state index contributed by atoms with van der Waals surface area (Å²) in [6.45, 7) is 2.93. The maximum absolute atomic E-state index is 11.4. The minimum atomic E-state index is -0.679. The van der Waals surface area contributed by atoms with E-state index in [-0.39, 0.29) is 11.3 Å². The van der Waals surface area contributed by atoms with E-state index < -0.39 is 5.91 Å². The molecule has 0 spiro atoms. The van der Waals surface area contributed by atoms with Gasteiger partial charge >= 0.3 is 0 Å². The summed E-state index contributed by atoms with van der Waals surface area (Å²) in [4.78, 5) is 13.7. The maximum Gasteiger partial charge on any atom is 0.252 e. The number of hydrogen-bond acceptors (Lipinski definition) is 4. The lowest BCUT2D eigenvalue weighted by Gasteiger charge is -2.23. The molecule has 3 N–H and O–H groups in total. The van der Waals surface area contributed by atoms with Gasteiger partial charge in [-0.15, -0.1) is 0 Å². The van der Waals surface area contributed by atoms with Crippen LogP contribution in [0.5, 0.6) is 11.5 Å². The van der Waals surface area contributed by atoms with E-state index >= 15 is 0 Å². The second kappa shape index (κ2) is 10.3. The molecule has 0 unspecified atom stereocenters. The standard InChI is InChI=1S/C24H26N2O3/c25-24(28)22-17-21(11-12-23(22)27)29-16-15-26(18-20-9-5-2-6-10-20)14-13-19-7-3-1-4-8-19/h1-12,17,27H,13-16,18H2,(H2,25,28). The van der Waals surface area contributed by atoms with Crippen LogP contribution in [0, 0.1) is 0 Å². The SMILES string of the molecule is NC(=O)c1cc(OCCN(CCc2ccccc2)Cc2ccccc2)ccc1O. The van der Waals surface area contributed by atoms with Crippen LogP contribution in [-0.4, -0.2) is 35.6 Å². The summed E-state index contributed by atoms with van der Waals surface area (Å²) in [7, 11) is 0. The first-order valence-electron chi connectivity index (χ1n) is 9.67. The molecule has 0 bridgehead atoms. The Kier molecular flexibility index (Phi) is 7.25. The van der Waals surface area contributed by atoms with Crippen LogP contribution >= 0.6 is 0 Å². The number of nitrogens with zero attached hydrogens (tertiary/aromatic N) is 1. The van der Waals surface area contributed by atoms with E-state index in [1.807, 2.05) is 24.3 Å². The van der Waals surface area contributed by atoms with E-state index in [9.17, 15) is 9.90 Å². The summed E-state index contributed by atoms with van der Waals surface area (Å²) in [5.41, 5.74) is 7.89. The van der Waals surface area contributed by atoms with Crippen molar-refractivity contribution in [2.75, 3.05) is 19.7 Å². The third-order valence-corrected chi connectivity index (χ3v) is 4.72. The van der Waals surface area contributed by atoms with E-state index in [1.54, 1.807) is 6.07 Å². The summed E-state index contributed by atoms with van der Waals surface area (Å²) in [6, 6.07) is 25.3. The Morgan fingerprint density at radius 3 is 2.21 bits per heavy atom. The van der Waals surface area contributed by atoms with Gasteiger partial charge in [0.2, 0.25) is 0 Å². The Hall–Kier alpha value is -3.31. The highest BCUT2D eigenvalue weighted by Crippen LogP contribution is 2.22. The van der Waals surface area contributed by atoms with Crippen molar-refractivity contribution in [1.29, 1.82) is 0 Å². The van der Waals surface area contributed by atoms with Crippen molar-refractivity contribution in [2.45, 2.75) is 13.0 Å². The van der Waals surface area contributed by atoms with Gasteiger partial charge in [0, 0.05) is 19.6 Å². The molecule has 0 aliphatic rings. The predicted molar refractivity (Wildman–Crippen MR) is 114 cm³/mol. The van der Waals surface area contributed by atoms with Gasteiger partial charge in [0.25, 0.3) is 5.91 Å². The van der Waals surface area contributed by atoms with E-state index in [2.05, 4.69) is 41.3 Å². The molecule has 3 aromatic carbocycles. The Morgan fingerprint density at radius 2 is 1.55 bits per heavy atom. The second-order valence-corrected chi connectivity index (χ2v) is 6.89. The average Bonchev–Trinajstić information content (AvgIpc) is 2.74. The normalized spacial score (nSPS) is 10.8. The fraction of sp³-hybridized carbons (Fsp3) is 0.208. The monoisotopic (exact) mass is 390 g/mol. The number of rotatable bonds is 10. The highest BCUT2D eigenvalue weighted by Gasteiger charge is 2.10. The van der Waals surface area contributed by atoms with Gasteiger partial charge in [0.05, 0.1) is 5.56 Å². The van der Waals surface area contributed by atoms with Crippen LogP contribution < -0.4 is 10.5 Å². The molecule has 0 heterocycles. The maximum atomic E-state index is 11.4. The molecule has 3 rings (SSSR count). The molecule has 0 aromatic heterocycles. The van der Waals surface area contributed by atoms with Crippen LogP contribution in [0.1, 0.15) is 21.5 Å². The first kappa shape index (κ1) is 20.4. The predicted octanol–water partition coefficient (Wildman–Crippen LogP) is 3.61. The zero-order chi connectivity index (χ0) is 20.5. The molecule has 0 saturated heterocycles. The summed E-state index contributed by atoms with van der Waals surface area (Å²) in [5.74, 6) is -0.306. The fourth-order valence-electron chi connectivity index (χ4n) is 3.14. The third-order valence-electron chi connectivity index (χ3n) is 4.72. The van der Waals surface area contributed by atoms with Gasteiger partial charge in [0.1, 0.15) is 18.1 Å². The molecule has 0 atom stereocenters. The van der Waals surface area contributed by atoms with Gasteiger partial charge in [-0.05, 0) is 35.7 Å². The summed E-state index contributed by atoms with van der Waals surface area (Å²) >= 11 is 0. The lowest BCUT2D eigenvalue weighted by atomic mass is 10.1. The van der Waals surface area contributed by atoms with Crippen molar-refractivity contribution in [3.63, 3.8) is 0 Å². The number of ether oxygens (including phenoxy) is 1. The van der Waals surface area contributed by atoms with Crippen molar-refractivity contribution < 1.29 is 14.6 Å². The number of carbonyl (C=O) groups excluding carboxylic acids is 1. The molecular weight excluding hydrogens is 364 g/mol. The molecule has 3 aromatic rings. The van der Waals surface area contributed by atoms with Gasteiger partial charge in [-0.1, -0.05) is 60.7 Å². The molecule has 150 valence electrons. The van der Waals surface area contributed by atoms with E-state index in [1.165, 1.54) is 23.3 Å². The molecule has 0 saturated carbocycles.